The van der Waals surface area contributed by atoms with Gasteiger partial charge in [0, 0.05) is 5.69 Å². The van der Waals surface area contributed by atoms with Gasteiger partial charge in [0.05, 0.1) is 18.2 Å². The third-order valence-electron chi connectivity index (χ3n) is 2.92. The molecule has 1 aromatic carbocycles. The van der Waals surface area contributed by atoms with Crippen molar-refractivity contribution in [1.82, 2.24) is 0 Å². The van der Waals surface area contributed by atoms with Gasteiger partial charge < -0.3 is 14.5 Å². The number of furan rings is 1. The highest BCUT2D eigenvalue weighted by Crippen LogP contribution is 2.34. The lowest BCUT2D eigenvalue weighted by molar-refractivity contribution is -0.153. The number of amides is 1. The Bertz CT molecular complexity index is 732. The van der Waals surface area contributed by atoms with E-state index in [1.807, 2.05) is 0 Å². The fraction of sp³-hybridized carbons (Fsp3) is 0.200. The number of hydrogen-bond acceptors (Lipinski definition) is 4. The van der Waals surface area contributed by atoms with Gasteiger partial charge in [-0.15, -0.1) is 0 Å². The molecule has 23 heavy (non-hydrogen) atoms. The van der Waals surface area contributed by atoms with Crippen molar-refractivity contribution in [1.29, 1.82) is 0 Å². The Kier molecular flexibility index (Phi) is 4.44. The van der Waals surface area contributed by atoms with E-state index in [4.69, 9.17) is 0 Å². The molecule has 1 heterocycles. The number of nitrogens with one attached hydrogen (secondary N) is 1. The van der Waals surface area contributed by atoms with Crippen LogP contribution in [0, 0.1) is 6.92 Å². The molecule has 0 aliphatic rings. The maximum Gasteiger partial charge on any atom is 0.450 e. The second-order valence-corrected chi connectivity index (χ2v) is 4.62. The monoisotopic (exact) mass is 327 g/mol. The van der Waals surface area contributed by atoms with Crippen LogP contribution in [0.4, 0.5) is 18.9 Å². The number of benzene rings is 1. The van der Waals surface area contributed by atoms with Gasteiger partial charge in [0.25, 0.3) is 5.91 Å². The summed E-state index contributed by atoms with van der Waals surface area (Å²) in [7, 11) is 1.22. The predicted octanol–water partition coefficient (Wildman–Crippen LogP) is 3.65. The van der Waals surface area contributed by atoms with E-state index in [0.717, 1.165) is 6.07 Å². The predicted molar refractivity (Wildman–Crippen MR) is 74.2 cm³/mol. The molecule has 1 N–H and O–H groups in total. The molecule has 8 heteroatoms. The van der Waals surface area contributed by atoms with Crippen LogP contribution in [0.5, 0.6) is 0 Å². The first-order valence-electron chi connectivity index (χ1n) is 6.39. The lowest BCUT2D eigenvalue weighted by Crippen LogP contribution is -2.17. The number of alkyl halides is 3. The van der Waals surface area contributed by atoms with Crippen LogP contribution in [0.15, 0.2) is 34.7 Å². The normalized spacial score (nSPS) is 11.2. The lowest BCUT2D eigenvalue weighted by Gasteiger charge is -2.08. The van der Waals surface area contributed by atoms with Crippen LogP contribution in [0.25, 0.3) is 0 Å². The Labute approximate surface area is 129 Å². The SMILES string of the molecule is COC(=O)c1ccc(NC(=O)c2cc(C)oc2C(F)(F)F)cc1. The number of carbonyl (C=O) groups is 2. The molecule has 0 aliphatic carbocycles. The van der Waals surface area contributed by atoms with E-state index < -0.39 is 29.4 Å². The summed E-state index contributed by atoms with van der Waals surface area (Å²) in [5, 5.41) is 2.32. The van der Waals surface area contributed by atoms with Gasteiger partial charge in [-0.2, -0.15) is 13.2 Å². The fourth-order valence-electron chi connectivity index (χ4n) is 1.90. The molecule has 0 saturated carbocycles. The van der Waals surface area contributed by atoms with Crippen LogP contribution in [0.2, 0.25) is 0 Å². The Balaban J connectivity index is 2.21. The molecule has 0 atom stereocenters. The number of ether oxygens (including phenoxy) is 1. The number of carbonyl (C=O) groups excluding carboxylic acids is 2. The molecule has 0 fully saturated rings. The Morgan fingerprint density at radius 2 is 1.78 bits per heavy atom. The highest BCUT2D eigenvalue weighted by atomic mass is 19.4. The highest BCUT2D eigenvalue weighted by molar-refractivity contribution is 6.05. The molecule has 5 nitrogen and oxygen atoms in total. The van der Waals surface area contributed by atoms with E-state index in [2.05, 4.69) is 14.5 Å². The number of rotatable bonds is 3. The molecule has 0 radical (unpaired) electrons. The van der Waals surface area contributed by atoms with E-state index in [-0.39, 0.29) is 17.0 Å². The molecule has 0 unspecified atom stereocenters. The van der Waals surface area contributed by atoms with Gasteiger partial charge in [0.1, 0.15) is 5.76 Å². The summed E-state index contributed by atoms with van der Waals surface area (Å²) in [6, 6.07) is 6.54. The summed E-state index contributed by atoms with van der Waals surface area (Å²) in [5.41, 5.74) is -0.123. The zero-order chi connectivity index (χ0) is 17.2. The maximum absolute atomic E-state index is 12.8. The summed E-state index contributed by atoms with van der Waals surface area (Å²) in [6.07, 6.45) is -4.77. The standard InChI is InChI=1S/C15H12F3NO4/c1-8-7-11(12(23-8)15(16,17)18)13(20)19-10-5-3-9(4-6-10)14(21)22-2/h3-7H,1-2H3,(H,19,20). The van der Waals surface area contributed by atoms with E-state index in [1.54, 1.807) is 0 Å². The molecule has 1 aromatic heterocycles. The quantitative estimate of drug-likeness (QED) is 0.874. The smallest absolute Gasteiger partial charge is 0.450 e. The van der Waals surface area contributed by atoms with Crippen LogP contribution in [0.1, 0.15) is 32.2 Å². The molecule has 0 aliphatic heterocycles. The van der Waals surface area contributed by atoms with Gasteiger partial charge in [-0.1, -0.05) is 0 Å². The number of anilines is 1. The van der Waals surface area contributed by atoms with Crippen molar-refractivity contribution < 1.29 is 31.9 Å². The van der Waals surface area contributed by atoms with Gasteiger partial charge >= 0.3 is 12.1 Å². The minimum Gasteiger partial charge on any atom is -0.465 e. The van der Waals surface area contributed by atoms with Gasteiger partial charge in [-0.3, -0.25) is 4.79 Å². The largest absolute Gasteiger partial charge is 0.465 e. The average Bonchev–Trinajstić information content (AvgIpc) is 2.89. The van der Waals surface area contributed by atoms with E-state index in [0.29, 0.717) is 0 Å². The molecule has 0 bridgehead atoms. The second-order valence-electron chi connectivity index (χ2n) is 4.62. The van der Waals surface area contributed by atoms with Crippen molar-refractivity contribution in [3.63, 3.8) is 0 Å². The van der Waals surface area contributed by atoms with Crippen molar-refractivity contribution >= 4 is 17.6 Å². The molecule has 2 rings (SSSR count). The fourth-order valence-corrected chi connectivity index (χ4v) is 1.90. The van der Waals surface area contributed by atoms with Gasteiger partial charge in [-0.25, -0.2) is 4.79 Å². The topological polar surface area (TPSA) is 68.5 Å². The highest BCUT2D eigenvalue weighted by Gasteiger charge is 2.40. The molecule has 1 amide bonds. The minimum absolute atomic E-state index is 0.0245. The average molecular weight is 327 g/mol. The van der Waals surface area contributed by atoms with Crippen molar-refractivity contribution in [3.8, 4) is 0 Å². The molecular formula is C15H12F3NO4. The molecule has 2 aromatic rings. The zero-order valence-corrected chi connectivity index (χ0v) is 12.2. The summed E-state index contributed by atoms with van der Waals surface area (Å²) in [4.78, 5) is 23.3. The third kappa shape index (κ3) is 3.71. The first-order chi connectivity index (χ1) is 10.7. The van der Waals surface area contributed by atoms with Crippen molar-refractivity contribution in [2.45, 2.75) is 13.1 Å². The Morgan fingerprint density at radius 3 is 2.30 bits per heavy atom. The van der Waals surface area contributed by atoms with E-state index in [9.17, 15) is 22.8 Å². The van der Waals surface area contributed by atoms with Crippen LogP contribution < -0.4 is 5.32 Å². The first-order valence-corrected chi connectivity index (χ1v) is 6.39. The molecule has 122 valence electrons. The maximum atomic E-state index is 12.8. The number of esters is 1. The summed E-state index contributed by atoms with van der Waals surface area (Å²) in [5.74, 6) is -2.89. The van der Waals surface area contributed by atoms with E-state index in [1.165, 1.54) is 38.3 Å². The molecule has 0 spiro atoms. The second kappa shape index (κ2) is 6.15. The van der Waals surface area contributed by atoms with Gasteiger partial charge in [0.2, 0.25) is 5.76 Å². The van der Waals surface area contributed by atoms with Gasteiger partial charge in [-0.05, 0) is 37.3 Å². The number of methoxy groups -OCH3 is 1. The van der Waals surface area contributed by atoms with Gasteiger partial charge in [0.15, 0.2) is 0 Å². The van der Waals surface area contributed by atoms with Crippen molar-refractivity contribution in [3.05, 3.63) is 53.0 Å². The summed E-state index contributed by atoms with van der Waals surface area (Å²) < 4.78 is 47.5. The first kappa shape index (κ1) is 16.6. The van der Waals surface area contributed by atoms with Crippen LogP contribution in [0.3, 0.4) is 0 Å². The van der Waals surface area contributed by atoms with E-state index >= 15 is 0 Å². The lowest BCUT2D eigenvalue weighted by atomic mass is 10.2. The Hall–Kier alpha value is -2.77. The third-order valence-corrected chi connectivity index (χ3v) is 2.92. The number of hydrogen-bond donors (Lipinski definition) is 1. The van der Waals surface area contributed by atoms with Crippen LogP contribution in [-0.2, 0) is 10.9 Å². The summed E-state index contributed by atoms with van der Waals surface area (Å²) >= 11 is 0. The molecular weight excluding hydrogens is 315 g/mol. The Morgan fingerprint density at radius 1 is 1.17 bits per heavy atom. The number of aryl methyl sites for hydroxylation is 1. The molecule has 0 saturated heterocycles. The van der Waals surface area contributed by atoms with Crippen LogP contribution >= 0.6 is 0 Å². The minimum atomic E-state index is -4.77. The van der Waals surface area contributed by atoms with Crippen molar-refractivity contribution in [2.24, 2.45) is 0 Å². The zero-order valence-electron chi connectivity index (χ0n) is 12.2. The van der Waals surface area contributed by atoms with Crippen LogP contribution in [-0.4, -0.2) is 19.0 Å². The van der Waals surface area contributed by atoms with Crippen molar-refractivity contribution in [2.75, 3.05) is 12.4 Å². The summed E-state index contributed by atoms with van der Waals surface area (Å²) in [6.45, 7) is 1.32. The number of halogens is 3.